The summed E-state index contributed by atoms with van der Waals surface area (Å²) in [5.41, 5.74) is -0.370. The number of carbonyl (C=O) groups is 2. The number of aromatic amines is 1. The zero-order chi connectivity index (χ0) is 16.1. The van der Waals surface area contributed by atoms with Gasteiger partial charge in [-0.1, -0.05) is 11.6 Å². The van der Waals surface area contributed by atoms with Gasteiger partial charge in [0.15, 0.2) is 6.10 Å². The van der Waals surface area contributed by atoms with Gasteiger partial charge in [0.1, 0.15) is 5.82 Å². The van der Waals surface area contributed by atoms with Gasteiger partial charge < -0.3 is 15.0 Å². The Morgan fingerprint density at radius 1 is 1.36 bits per heavy atom. The summed E-state index contributed by atoms with van der Waals surface area (Å²) in [5, 5.41) is 2.92. The summed E-state index contributed by atoms with van der Waals surface area (Å²) >= 11 is 5.69. The van der Waals surface area contributed by atoms with Crippen LogP contribution in [0, 0.1) is 0 Å². The first-order valence-electron chi connectivity index (χ1n) is 6.28. The van der Waals surface area contributed by atoms with Crippen molar-refractivity contribution in [2.45, 2.75) is 13.0 Å². The van der Waals surface area contributed by atoms with E-state index in [1.54, 1.807) is 6.07 Å². The molecular formula is C14H12ClN3O4. The lowest BCUT2D eigenvalue weighted by Gasteiger charge is -2.13. The molecule has 0 bridgehead atoms. The van der Waals surface area contributed by atoms with Crippen molar-refractivity contribution in [2.24, 2.45) is 0 Å². The SMILES string of the molecule is CC(OC(=O)c1cc[nH]c(=O)c1)C(=O)Nc1ccc(Cl)cn1. The van der Waals surface area contributed by atoms with Gasteiger partial charge in [0, 0.05) is 18.5 Å². The van der Waals surface area contributed by atoms with Crippen molar-refractivity contribution in [3.63, 3.8) is 0 Å². The Labute approximate surface area is 130 Å². The molecule has 0 fully saturated rings. The summed E-state index contributed by atoms with van der Waals surface area (Å²) < 4.78 is 4.99. The van der Waals surface area contributed by atoms with Crippen LogP contribution in [-0.2, 0) is 9.53 Å². The van der Waals surface area contributed by atoms with E-state index in [0.29, 0.717) is 5.02 Å². The third-order valence-corrected chi connectivity index (χ3v) is 2.87. The molecular weight excluding hydrogens is 310 g/mol. The van der Waals surface area contributed by atoms with Crippen LogP contribution in [0.1, 0.15) is 17.3 Å². The number of nitrogens with zero attached hydrogens (tertiary/aromatic N) is 1. The van der Waals surface area contributed by atoms with Crippen molar-refractivity contribution in [1.29, 1.82) is 0 Å². The number of ether oxygens (including phenoxy) is 1. The lowest BCUT2D eigenvalue weighted by Crippen LogP contribution is -2.30. The first-order valence-corrected chi connectivity index (χ1v) is 6.65. The maximum atomic E-state index is 11.9. The minimum Gasteiger partial charge on any atom is -0.449 e. The second-order valence-corrected chi connectivity index (χ2v) is 4.78. The largest absolute Gasteiger partial charge is 0.449 e. The number of carbonyl (C=O) groups excluding carboxylic acids is 2. The topological polar surface area (TPSA) is 101 Å². The van der Waals surface area contributed by atoms with Crippen LogP contribution in [0.5, 0.6) is 0 Å². The van der Waals surface area contributed by atoms with Crippen LogP contribution in [0.25, 0.3) is 0 Å². The van der Waals surface area contributed by atoms with Crippen molar-refractivity contribution >= 4 is 29.3 Å². The molecule has 0 aliphatic rings. The van der Waals surface area contributed by atoms with Gasteiger partial charge in [-0.25, -0.2) is 9.78 Å². The standard InChI is InChI=1S/C14H12ClN3O4/c1-8(13(20)18-11-3-2-10(15)7-17-11)22-14(21)9-4-5-16-12(19)6-9/h2-8H,1H3,(H,16,19)(H,17,18,20). The highest BCUT2D eigenvalue weighted by molar-refractivity contribution is 6.30. The Hall–Kier alpha value is -2.67. The number of H-pyrrole nitrogens is 1. The molecule has 0 spiro atoms. The number of halogens is 1. The highest BCUT2D eigenvalue weighted by atomic mass is 35.5. The molecule has 0 saturated carbocycles. The van der Waals surface area contributed by atoms with Crippen LogP contribution < -0.4 is 10.9 Å². The molecule has 2 N–H and O–H groups in total. The maximum absolute atomic E-state index is 11.9. The van der Waals surface area contributed by atoms with Gasteiger partial charge in [0.25, 0.3) is 5.91 Å². The van der Waals surface area contributed by atoms with Gasteiger partial charge in [-0.05, 0) is 25.1 Å². The molecule has 2 heterocycles. The molecule has 7 nitrogen and oxygen atoms in total. The van der Waals surface area contributed by atoms with Crippen LogP contribution in [0.15, 0.2) is 41.5 Å². The van der Waals surface area contributed by atoms with E-state index in [1.165, 1.54) is 31.5 Å². The number of anilines is 1. The molecule has 0 aromatic carbocycles. The monoisotopic (exact) mass is 321 g/mol. The zero-order valence-corrected chi connectivity index (χ0v) is 12.3. The summed E-state index contributed by atoms with van der Waals surface area (Å²) in [7, 11) is 0. The van der Waals surface area contributed by atoms with Gasteiger partial charge in [-0.2, -0.15) is 0 Å². The van der Waals surface area contributed by atoms with E-state index >= 15 is 0 Å². The van der Waals surface area contributed by atoms with E-state index in [9.17, 15) is 14.4 Å². The van der Waals surface area contributed by atoms with Crippen LogP contribution in [0.4, 0.5) is 5.82 Å². The molecule has 114 valence electrons. The number of amides is 1. The van der Waals surface area contributed by atoms with Crippen molar-refractivity contribution in [3.05, 3.63) is 57.6 Å². The molecule has 8 heteroatoms. The molecule has 1 atom stereocenters. The number of rotatable bonds is 4. The number of pyridine rings is 2. The quantitative estimate of drug-likeness (QED) is 0.833. The Balaban J connectivity index is 1.97. The van der Waals surface area contributed by atoms with E-state index in [1.807, 2.05) is 0 Å². The first-order chi connectivity index (χ1) is 10.5. The number of nitrogens with one attached hydrogen (secondary N) is 2. The highest BCUT2D eigenvalue weighted by Gasteiger charge is 2.19. The van der Waals surface area contributed by atoms with Crippen LogP contribution in [0.3, 0.4) is 0 Å². The van der Waals surface area contributed by atoms with Crippen molar-refractivity contribution < 1.29 is 14.3 Å². The third kappa shape index (κ3) is 4.16. The van der Waals surface area contributed by atoms with Gasteiger partial charge in [-0.3, -0.25) is 9.59 Å². The molecule has 22 heavy (non-hydrogen) atoms. The molecule has 1 amide bonds. The fourth-order valence-electron chi connectivity index (χ4n) is 1.53. The third-order valence-electron chi connectivity index (χ3n) is 2.64. The smallest absolute Gasteiger partial charge is 0.339 e. The van der Waals surface area contributed by atoms with E-state index < -0.39 is 23.5 Å². The normalized spacial score (nSPS) is 11.5. The number of aromatic nitrogens is 2. The van der Waals surface area contributed by atoms with Crippen LogP contribution in [0.2, 0.25) is 5.02 Å². The van der Waals surface area contributed by atoms with E-state index in [0.717, 1.165) is 6.07 Å². The Morgan fingerprint density at radius 2 is 2.14 bits per heavy atom. The molecule has 0 aliphatic heterocycles. The Morgan fingerprint density at radius 3 is 2.77 bits per heavy atom. The van der Waals surface area contributed by atoms with Crippen molar-refractivity contribution in [2.75, 3.05) is 5.32 Å². The second-order valence-electron chi connectivity index (χ2n) is 4.34. The lowest BCUT2D eigenvalue weighted by molar-refractivity contribution is -0.123. The Kier molecular flexibility index (Phi) is 4.90. The fraction of sp³-hybridized carbons (Fsp3) is 0.143. The minimum atomic E-state index is -1.05. The maximum Gasteiger partial charge on any atom is 0.339 e. The summed E-state index contributed by atoms with van der Waals surface area (Å²) in [4.78, 5) is 41.1. The molecule has 0 saturated heterocycles. The molecule has 1 unspecified atom stereocenters. The summed E-state index contributed by atoms with van der Waals surface area (Å²) in [5.74, 6) is -1.03. The molecule has 0 radical (unpaired) electrons. The number of hydrogen-bond donors (Lipinski definition) is 2. The number of esters is 1. The van der Waals surface area contributed by atoms with Crippen LogP contribution in [-0.4, -0.2) is 27.9 Å². The van der Waals surface area contributed by atoms with Gasteiger partial charge in [0.05, 0.1) is 10.6 Å². The lowest BCUT2D eigenvalue weighted by atomic mass is 10.2. The predicted octanol–water partition coefficient (Wildman–Crippen LogP) is 1.61. The van der Waals surface area contributed by atoms with E-state index in [2.05, 4.69) is 15.3 Å². The molecule has 2 aromatic heterocycles. The van der Waals surface area contributed by atoms with Gasteiger partial charge in [-0.15, -0.1) is 0 Å². The predicted molar refractivity (Wildman–Crippen MR) is 79.8 cm³/mol. The van der Waals surface area contributed by atoms with Crippen LogP contribution >= 0.6 is 11.6 Å². The Bertz CT molecular complexity index is 742. The minimum absolute atomic E-state index is 0.0630. The fourth-order valence-corrected chi connectivity index (χ4v) is 1.64. The average Bonchev–Trinajstić information content (AvgIpc) is 2.49. The molecule has 0 aliphatic carbocycles. The van der Waals surface area contributed by atoms with Gasteiger partial charge in [0.2, 0.25) is 5.56 Å². The first kappa shape index (κ1) is 15.7. The van der Waals surface area contributed by atoms with Gasteiger partial charge >= 0.3 is 5.97 Å². The summed E-state index contributed by atoms with van der Waals surface area (Å²) in [6, 6.07) is 5.56. The van der Waals surface area contributed by atoms with Crippen molar-refractivity contribution in [3.8, 4) is 0 Å². The van der Waals surface area contributed by atoms with E-state index in [4.69, 9.17) is 16.3 Å². The summed E-state index contributed by atoms with van der Waals surface area (Å²) in [6.07, 6.45) is 1.65. The molecule has 2 aromatic rings. The highest BCUT2D eigenvalue weighted by Crippen LogP contribution is 2.10. The summed E-state index contributed by atoms with van der Waals surface area (Å²) in [6.45, 7) is 1.41. The number of hydrogen-bond acceptors (Lipinski definition) is 5. The second kappa shape index (κ2) is 6.86. The van der Waals surface area contributed by atoms with E-state index in [-0.39, 0.29) is 11.4 Å². The average molecular weight is 322 g/mol. The molecule has 2 rings (SSSR count). The zero-order valence-electron chi connectivity index (χ0n) is 11.5. The van der Waals surface area contributed by atoms with Crippen molar-refractivity contribution in [1.82, 2.24) is 9.97 Å².